The molecule has 6 rings (SSSR count). The molecule has 4 aromatic rings. The van der Waals surface area contributed by atoms with Gasteiger partial charge >= 0.3 is 11.9 Å². The average molecular weight is 621 g/mol. The smallest absolute Gasteiger partial charge is 0.338 e. The molecule has 0 aliphatic carbocycles. The van der Waals surface area contributed by atoms with E-state index in [-0.39, 0.29) is 46.3 Å². The van der Waals surface area contributed by atoms with E-state index in [0.717, 1.165) is 58.4 Å². The summed E-state index contributed by atoms with van der Waals surface area (Å²) in [5.41, 5.74) is 2.57. The van der Waals surface area contributed by atoms with E-state index in [2.05, 4.69) is 90.3 Å². The maximum Gasteiger partial charge on any atom is 0.338 e. The van der Waals surface area contributed by atoms with E-state index in [0.29, 0.717) is 11.1 Å². The quantitative estimate of drug-likeness (QED) is 0.218. The van der Waals surface area contributed by atoms with Crippen molar-refractivity contribution in [2.75, 3.05) is 0 Å². The van der Waals surface area contributed by atoms with E-state index >= 15 is 0 Å². The number of carbonyl (C=O) groups is 2. The van der Waals surface area contributed by atoms with Crippen molar-refractivity contribution in [1.82, 2.24) is 10.6 Å². The largest absolute Gasteiger partial charge is 0.459 e. The molecule has 0 unspecified atom stereocenters. The number of piperidine rings is 2. The van der Waals surface area contributed by atoms with Gasteiger partial charge in [0.05, 0.1) is 11.1 Å². The summed E-state index contributed by atoms with van der Waals surface area (Å²) < 4.78 is 12.2. The van der Waals surface area contributed by atoms with E-state index in [1.54, 1.807) is 0 Å². The van der Waals surface area contributed by atoms with E-state index in [1.165, 1.54) is 0 Å². The number of hydrogen-bond acceptors (Lipinski definition) is 6. The van der Waals surface area contributed by atoms with Gasteiger partial charge < -0.3 is 20.1 Å². The zero-order chi connectivity index (χ0) is 33.1. The lowest BCUT2D eigenvalue weighted by molar-refractivity contribution is -0.00764. The number of nitrogens with one attached hydrogen (secondary N) is 2. The van der Waals surface area contributed by atoms with Crippen LogP contribution in [0, 0.1) is 0 Å². The lowest BCUT2D eigenvalue weighted by atomic mass is 9.81. The predicted molar refractivity (Wildman–Crippen MR) is 186 cm³/mol. The number of carbonyl (C=O) groups excluding carboxylic acids is 2. The minimum Gasteiger partial charge on any atom is -0.459 e. The second-order valence-electron chi connectivity index (χ2n) is 16.1. The Bertz CT molecular complexity index is 1650. The molecule has 0 amide bonds. The van der Waals surface area contributed by atoms with Crippen molar-refractivity contribution in [2.24, 2.45) is 0 Å². The highest BCUT2D eigenvalue weighted by atomic mass is 16.5. The molecular weight excluding hydrogens is 572 g/mol. The van der Waals surface area contributed by atoms with Crippen molar-refractivity contribution in [3.05, 3.63) is 83.9 Å². The molecule has 2 fully saturated rings. The first kappa shape index (κ1) is 32.2. The van der Waals surface area contributed by atoms with Crippen molar-refractivity contribution in [3.8, 4) is 11.1 Å². The van der Waals surface area contributed by atoms with Crippen LogP contribution in [0.3, 0.4) is 0 Å². The van der Waals surface area contributed by atoms with Crippen LogP contribution in [0.2, 0.25) is 0 Å². The van der Waals surface area contributed by atoms with E-state index in [9.17, 15) is 9.59 Å². The Morgan fingerprint density at radius 1 is 0.543 bits per heavy atom. The minimum atomic E-state index is -0.303. The van der Waals surface area contributed by atoms with Gasteiger partial charge in [-0.15, -0.1) is 0 Å². The van der Waals surface area contributed by atoms with Crippen LogP contribution in [-0.4, -0.2) is 46.3 Å². The predicted octanol–water partition coefficient (Wildman–Crippen LogP) is 8.59. The Hall–Kier alpha value is -3.74. The topological polar surface area (TPSA) is 76.7 Å². The lowest BCUT2D eigenvalue weighted by Gasteiger charge is -2.45. The summed E-state index contributed by atoms with van der Waals surface area (Å²) in [7, 11) is 0. The summed E-state index contributed by atoms with van der Waals surface area (Å²) >= 11 is 0. The third-order valence-electron chi connectivity index (χ3n) is 9.38. The van der Waals surface area contributed by atoms with E-state index in [4.69, 9.17) is 9.47 Å². The summed E-state index contributed by atoms with van der Waals surface area (Å²) in [6, 6.07) is 23.9. The fourth-order valence-electron chi connectivity index (χ4n) is 8.33. The molecule has 2 heterocycles. The van der Waals surface area contributed by atoms with Crippen LogP contribution in [0.15, 0.2) is 72.8 Å². The van der Waals surface area contributed by atoms with Gasteiger partial charge in [0.1, 0.15) is 12.2 Å². The van der Waals surface area contributed by atoms with Crippen LogP contribution in [0.25, 0.3) is 32.7 Å². The standard InChI is InChI=1S/C40H48N2O4/c1-37(2)21-29(22-38(3,4)41-37)45-35(43)27-17-15-25-11-9-13-31(33(25)19-27)32-14-10-12-26-16-18-28(20-34(26)32)36(44)46-30-23-39(5,6)42-40(7,8)24-30/h9-20,29-30,41-42H,21-24H2,1-8H3. The Morgan fingerprint density at radius 2 is 0.891 bits per heavy atom. The molecule has 2 aliphatic heterocycles. The van der Waals surface area contributed by atoms with Crippen LogP contribution < -0.4 is 10.6 Å². The molecule has 0 bridgehead atoms. The van der Waals surface area contributed by atoms with Crippen molar-refractivity contribution in [1.29, 1.82) is 0 Å². The lowest BCUT2D eigenvalue weighted by Crippen LogP contribution is -2.59. The van der Waals surface area contributed by atoms with Gasteiger partial charge in [-0.3, -0.25) is 0 Å². The second kappa shape index (κ2) is 11.5. The number of esters is 2. The first-order valence-electron chi connectivity index (χ1n) is 16.5. The van der Waals surface area contributed by atoms with E-state index < -0.39 is 0 Å². The molecular formula is C40H48N2O4. The van der Waals surface area contributed by atoms with Crippen LogP contribution in [0.5, 0.6) is 0 Å². The molecule has 46 heavy (non-hydrogen) atoms. The zero-order valence-electron chi connectivity index (χ0n) is 28.5. The molecule has 2 aliphatic rings. The molecule has 6 nitrogen and oxygen atoms in total. The van der Waals surface area contributed by atoms with Gasteiger partial charge in [-0.2, -0.15) is 0 Å². The molecule has 0 spiro atoms. The number of rotatable bonds is 5. The Kier molecular flexibility index (Phi) is 8.05. The van der Waals surface area contributed by atoms with Gasteiger partial charge in [-0.05, 0) is 112 Å². The zero-order valence-corrected chi connectivity index (χ0v) is 28.5. The van der Waals surface area contributed by atoms with Crippen molar-refractivity contribution >= 4 is 33.5 Å². The van der Waals surface area contributed by atoms with Crippen molar-refractivity contribution < 1.29 is 19.1 Å². The monoisotopic (exact) mass is 620 g/mol. The molecule has 4 aromatic carbocycles. The fraction of sp³-hybridized carbons (Fsp3) is 0.450. The van der Waals surface area contributed by atoms with Crippen LogP contribution in [0.1, 0.15) is 102 Å². The molecule has 0 atom stereocenters. The first-order valence-corrected chi connectivity index (χ1v) is 16.5. The molecule has 6 heteroatoms. The Labute approximate surface area is 273 Å². The van der Waals surface area contributed by atoms with Crippen LogP contribution in [-0.2, 0) is 9.47 Å². The van der Waals surface area contributed by atoms with Crippen LogP contribution >= 0.6 is 0 Å². The summed E-state index contributed by atoms with van der Waals surface area (Å²) in [4.78, 5) is 27.0. The Morgan fingerprint density at radius 3 is 1.24 bits per heavy atom. The minimum absolute atomic E-state index is 0.121. The highest BCUT2D eigenvalue weighted by Crippen LogP contribution is 2.37. The number of ether oxygens (including phenoxy) is 2. The van der Waals surface area contributed by atoms with Crippen molar-refractivity contribution in [3.63, 3.8) is 0 Å². The Balaban J connectivity index is 1.31. The SMILES string of the molecule is CC1(C)CC(OC(=O)c2ccc3cccc(-c4cccc5ccc(C(=O)OC6CC(C)(C)NC(C)(C)C6)cc45)c3c2)CC(C)(C)N1. The molecule has 2 saturated heterocycles. The maximum absolute atomic E-state index is 13.5. The van der Waals surface area contributed by atoms with Crippen molar-refractivity contribution in [2.45, 2.75) is 115 Å². The number of hydrogen-bond donors (Lipinski definition) is 2. The third-order valence-corrected chi connectivity index (χ3v) is 9.38. The van der Waals surface area contributed by atoms with Gasteiger partial charge in [-0.1, -0.05) is 48.5 Å². The first-order chi connectivity index (χ1) is 21.5. The molecule has 242 valence electrons. The highest BCUT2D eigenvalue weighted by Gasteiger charge is 2.40. The van der Waals surface area contributed by atoms with Gasteiger partial charge in [-0.25, -0.2) is 9.59 Å². The number of benzene rings is 4. The summed E-state index contributed by atoms with van der Waals surface area (Å²) in [5, 5.41) is 11.3. The molecule has 0 aromatic heterocycles. The summed E-state index contributed by atoms with van der Waals surface area (Å²) in [6.45, 7) is 17.2. The van der Waals surface area contributed by atoms with Crippen LogP contribution in [0.4, 0.5) is 0 Å². The van der Waals surface area contributed by atoms with Gasteiger partial charge in [0, 0.05) is 47.8 Å². The van der Waals surface area contributed by atoms with Gasteiger partial charge in [0.2, 0.25) is 0 Å². The number of fused-ring (bicyclic) bond motifs is 2. The van der Waals surface area contributed by atoms with Gasteiger partial charge in [0.15, 0.2) is 0 Å². The molecule has 0 radical (unpaired) electrons. The van der Waals surface area contributed by atoms with E-state index in [1.807, 2.05) is 48.5 Å². The second-order valence-corrected chi connectivity index (χ2v) is 16.1. The molecule has 2 N–H and O–H groups in total. The highest BCUT2D eigenvalue weighted by molar-refractivity contribution is 6.08. The van der Waals surface area contributed by atoms with Gasteiger partial charge in [0.25, 0.3) is 0 Å². The molecule has 0 saturated carbocycles. The third kappa shape index (κ3) is 6.98. The fourth-order valence-corrected chi connectivity index (χ4v) is 8.33. The average Bonchev–Trinajstić information content (AvgIpc) is 2.92. The summed E-state index contributed by atoms with van der Waals surface area (Å²) in [6.07, 6.45) is 2.71. The maximum atomic E-state index is 13.5. The normalized spacial score (nSPS) is 20.8. The summed E-state index contributed by atoms with van der Waals surface area (Å²) in [5.74, 6) is -0.607.